The minimum absolute atomic E-state index is 0.116. The normalized spacial score (nSPS) is 16.4. The highest BCUT2D eigenvalue weighted by molar-refractivity contribution is 5.87. The first-order valence-electron chi connectivity index (χ1n) is 6.94. The highest BCUT2D eigenvalue weighted by atomic mass is 16.4. The number of hydrogen-bond donors (Lipinski definition) is 4. The highest BCUT2D eigenvalue weighted by Crippen LogP contribution is 2.19. The van der Waals surface area contributed by atoms with Gasteiger partial charge in [-0.15, -0.1) is 0 Å². The summed E-state index contributed by atoms with van der Waals surface area (Å²) in [5, 5.41) is 15.9. The Morgan fingerprint density at radius 2 is 2.10 bits per heavy atom. The second-order valence-corrected chi connectivity index (χ2v) is 5.32. The molecule has 0 saturated carbocycles. The molecule has 6 nitrogen and oxygen atoms in total. The molecule has 0 spiro atoms. The lowest BCUT2D eigenvalue weighted by Crippen LogP contribution is -2.54. The van der Waals surface area contributed by atoms with Gasteiger partial charge in [-0.1, -0.05) is 18.2 Å². The minimum Gasteiger partial charge on any atom is -0.480 e. The van der Waals surface area contributed by atoms with E-state index in [1.54, 1.807) is 6.20 Å². The average molecular weight is 287 g/mol. The van der Waals surface area contributed by atoms with Gasteiger partial charge in [0.15, 0.2) is 0 Å². The van der Waals surface area contributed by atoms with Crippen LogP contribution in [0.25, 0.3) is 10.9 Å². The van der Waals surface area contributed by atoms with Crippen LogP contribution in [0.4, 0.5) is 0 Å². The van der Waals surface area contributed by atoms with Gasteiger partial charge in [0.25, 0.3) is 0 Å². The number of hydrogen-bond acceptors (Lipinski definition) is 3. The van der Waals surface area contributed by atoms with Gasteiger partial charge < -0.3 is 20.7 Å². The maximum absolute atomic E-state index is 11.9. The largest absolute Gasteiger partial charge is 0.480 e. The van der Waals surface area contributed by atoms with E-state index in [4.69, 9.17) is 0 Å². The number of nitrogens with one attached hydrogen (secondary N) is 3. The van der Waals surface area contributed by atoms with Crippen LogP contribution in [-0.4, -0.2) is 41.1 Å². The number of rotatable bonds is 5. The molecule has 3 rings (SSSR count). The second kappa shape index (κ2) is 5.57. The zero-order chi connectivity index (χ0) is 14.8. The van der Waals surface area contributed by atoms with E-state index < -0.39 is 12.0 Å². The molecule has 110 valence electrons. The van der Waals surface area contributed by atoms with E-state index in [2.05, 4.69) is 15.6 Å². The number of amides is 1. The number of fused-ring (bicyclic) bond motifs is 1. The smallest absolute Gasteiger partial charge is 0.326 e. The van der Waals surface area contributed by atoms with Gasteiger partial charge in [0.05, 0.1) is 5.92 Å². The fourth-order valence-electron chi connectivity index (χ4n) is 2.48. The second-order valence-electron chi connectivity index (χ2n) is 5.32. The molecule has 0 bridgehead atoms. The molecule has 6 heteroatoms. The van der Waals surface area contributed by atoms with Crippen LogP contribution in [0.2, 0.25) is 0 Å². The topological polar surface area (TPSA) is 94.2 Å². The number of carbonyl (C=O) groups excluding carboxylic acids is 1. The Balaban J connectivity index is 1.75. The number of carboxylic acid groups (broad SMARTS) is 1. The zero-order valence-electron chi connectivity index (χ0n) is 11.4. The van der Waals surface area contributed by atoms with Crippen molar-refractivity contribution in [1.29, 1.82) is 0 Å². The number of aliphatic carboxylic acids is 1. The van der Waals surface area contributed by atoms with Crippen LogP contribution in [0, 0.1) is 5.92 Å². The zero-order valence-corrected chi connectivity index (χ0v) is 11.4. The molecule has 1 aromatic heterocycles. The monoisotopic (exact) mass is 287 g/mol. The Morgan fingerprint density at radius 1 is 1.33 bits per heavy atom. The van der Waals surface area contributed by atoms with Gasteiger partial charge in [-0.3, -0.25) is 4.79 Å². The van der Waals surface area contributed by atoms with E-state index in [1.807, 2.05) is 24.3 Å². The van der Waals surface area contributed by atoms with Gasteiger partial charge in [-0.05, 0) is 11.6 Å². The number of carbonyl (C=O) groups is 2. The Labute approximate surface area is 121 Å². The molecule has 2 heterocycles. The quantitative estimate of drug-likeness (QED) is 0.644. The van der Waals surface area contributed by atoms with Crippen molar-refractivity contribution in [3.05, 3.63) is 36.0 Å². The summed E-state index contributed by atoms with van der Waals surface area (Å²) in [7, 11) is 0. The van der Waals surface area contributed by atoms with Gasteiger partial charge in [0.1, 0.15) is 6.04 Å². The van der Waals surface area contributed by atoms with E-state index in [-0.39, 0.29) is 18.2 Å². The van der Waals surface area contributed by atoms with Gasteiger partial charge in [-0.2, -0.15) is 0 Å². The fraction of sp³-hybridized carbons (Fsp3) is 0.333. The molecule has 1 atom stereocenters. The molecule has 1 aliphatic rings. The number of para-hydroxylation sites is 1. The van der Waals surface area contributed by atoms with Gasteiger partial charge >= 0.3 is 5.97 Å². The maximum Gasteiger partial charge on any atom is 0.326 e. The van der Waals surface area contributed by atoms with Crippen LogP contribution < -0.4 is 10.6 Å². The molecule has 1 amide bonds. The Bertz CT molecular complexity index is 676. The molecular formula is C15H17N3O3. The predicted octanol–water partition coefficient (Wildman–Crippen LogP) is 0.499. The summed E-state index contributed by atoms with van der Waals surface area (Å²) in [5.74, 6) is -1.32. The SMILES string of the molecule is O=C(N[C@@H](Cc1c[nH]c2ccccc12)C(=O)O)C1CNC1. The summed E-state index contributed by atoms with van der Waals surface area (Å²) in [6.07, 6.45) is 2.07. The van der Waals surface area contributed by atoms with E-state index >= 15 is 0 Å². The summed E-state index contributed by atoms with van der Waals surface area (Å²) in [4.78, 5) is 26.4. The number of H-pyrrole nitrogens is 1. The summed E-state index contributed by atoms with van der Waals surface area (Å²) in [5.41, 5.74) is 1.86. The van der Waals surface area contributed by atoms with Crippen molar-refractivity contribution in [1.82, 2.24) is 15.6 Å². The standard InChI is InChI=1S/C15H17N3O3/c19-14(10-6-16-7-10)18-13(15(20)21)5-9-8-17-12-4-2-1-3-11(9)12/h1-4,8,10,13,16-17H,5-7H2,(H,18,19)(H,20,21)/t13-/m0/s1. The lowest BCUT2D eigenvalue weighted by Gasteiger charge is -2.27. The van der Waals surface area contributed by atoms with Gasteiger partial charge in [0.2, 0.25) is 5.91 Å². The van der Waals surface area contributed by atoms with Crippen LogP contribution in [0.3, 0.4) is 0 Å². The van der Waals surface area contributed by atoms with Crippen molar-refractivity contribution in [3.8, 4) is 0 Å². The van der Waals surface area contributed by atoms with E-state index in [9.17, 15) is 14.7 Å². The maximum atomic E-state index is 11.9. The first-order valence-corrected chi connectivity index (χ1v) is 6.94. The molecule has 1 aliphatic heterocycles. The summed E-state index contributed by atoms with van der Waals surface area (Å²) in [6, 6.07) is 6.80. The number of benzene rings is 1. The number of aromatic nitrogens is 1. The molecule has 1 saturated heterocycles. The van der Waals surface area contributed by atoms with Crippen molar-refractivity contribution in [2.45, 2.75) is 12.5 Å². The number of carboxylic acids is 1. The molecule has 0 aliphatic carbocycles. The molecule has 1 fully saturated rings. The lowest BCUT2D eigenvalue weighted by atomic mass is 10.0. The first kappa shape index (κ1) is 13.6. The molecule has 1 aromatic carbocycles. The third kappa shape index (κ3) is 2.75. The average Bonchev–Trinajstić information content (AvgIpc) is 2.79. The Hall–Kier alpha value is -2.34. The van der Waals surface area contributed by atoms with Crippen molar-refractivity contribution >= 4 is 22.8 Å². The highest BCUT2D eigenvalue weighted by Gasteiger charge is 2.29. The van der Waals surface area contributed by atoms with Crippen LogP contribution in [-0.2, 0) is 16.0 Å². The third-order valence-electron chi connectivity index (χ3n) is 3.87. The number of aromatic amines is 1. The van der Waals surface area contributed by atoms with E-state index in [0.29, 0.717) is 13.1 Å². The molecular weight excluding hydrogens is 270 g/mol. The molecule has 2 aromatic rings. The van der Waals surface area contributed by atoms with E-state index in [0.717, 1.165) is 16.5 Å². The Kier molecular flexibility index (Phi) is 3.62. The lowest BCUT2D eigenvalue weighted by molar-refractivity contribution is -0.142. The van der Waals surface area contributed by atoms with Crippen molar-refractivity contribution in [3.63, 3.8) is 0 Å². The first-order chi connectivity index (χ1) is 10.1. The molecule has 0 radical (unpaired) electrons. The van der Waals surface area contributed by atoms with Gasteiger partial charge in [0, 0.05) is 36.6 Å². The van der Waals surface area contributed by atoms with Crippen LogP contribution in [0.1, 0.15) is 5.56 Å². The van der Waals surface area contributed by atoms with Crippen molar-refractivity contribution in [2.24, 2.45) is 5.92 Å². The fourth-order valence-corrected chi connectivity index (χ4v) is 2.48. The molecule has 0 unspecified atom stereocenters. The Morgan fingerprint density at radius 3 is 2.76 bits per heavy atom. The third-order valence-corrected chi connectivity index (χ3v) is 3.87. The summed E-state index contributed by atoms with van der Waals surface area (Å²) >= 11 is 0. The van der Waals surface area contributed by atoms with Crippen LogP contribution in [0.5, 0.6) is 0 Å². The summed E-state index contributed by atoms with van der Waals surface area (Å²) in [6.45, 7) is 1.23. The minimum atomic E-state index is -1.01. The van der Waals surface area contributed by atoms with Crippen molar-refractivity contribution in [2.75, 3.05) is 13.1 Å². The van der Waals surface area contributed by atoms with E-state index in [1.165, 1.54) is 0 Å². The van der Waals surface area contributed by atoms with Crippen LogP contribution >= 0.6 is 0 Å². The molecule has 4 N–H and O–H groups in total. The van der Waals surface area contributed by atoms with Gasteiger partial charge in [-0.25, -0.2) is 4.79 Å². The van der Waals surface area contributed by atoms with Crippen molar-refractivity contribution < 1.29 is 14.7 Å². The predicted molar refractivity (Wildman–Crippen MR) is 77.9 cm³/mol. The van der Waals surface area contributed by atoms with Crippen LogP contribution in [0.15, 0.2) is 30.5 Å². The summed E-state index contributed by atoms with van der Waals surface area (Å²) < 4.78 is 0. The molecule has 21 heavy (non-hydrogen) atoms.